The van der Waals surface area contributed by atoms with Crippen molar-refractivity contribution in [3.05, 3.63) is 111 Å². The Morgan fingerprint density at radius 3 is 2.61 bits per heavy atom. The Bertz CT molecular complexity index is 1330. The van der Waals surface area contributed by atoms with Crippen molar-refractivity contribution < 1.29 is 9.34 Å². The van der Waals surface area contributed by atoms with Crippen LogP contribution in [-0.4, -0.2) is 15.0 Å². The average Bonchev–Trinajstić information content (AvgIpc) is 3.45. The van der Waals surface area contributed by atoms with Gasteiger partial charge in [0.1, 0.15) is 17.6 Å². The lowest BCUT2D eigenvalue weighted by Gasteiger charge is -2.26. The molecule has 0 bridgehead atoms. The summed E-state index contributed by atoms with van der Waals surface area (Å²) in [6, 6.07) is 23.2. The largest absolute Gasteiger partial charge is 0.459 e. The van der Waals surface area contributed by atoms with Gasteiger partial charge in [-0.2, -0.15) is 0 Å². The number of thiocarbonyl (C=S) groups is 1. The minimum absolute atomic E-state index is 0.0111. The first-order valence-corrected chi connectivity index (χ1v) is 11.3. The van der Waals surface area contributed by atoms with E-state index in [0.29, 0.717) is 22.2 Å². The van der Waals surface area contributed by atoms with Crippen LogP contribution in [0.5, 0.6) is 0 Å². The molecule has 9 heteroatoms. The number of nitro benzene ring substituents is 1. The maximum absolute atomic E-state index is 11.2. The van der Waals surface area contributed by atoms with Gasteiger partial charge in [-0.3, -0.25) is 15.1 Å². The molecule has 7 nitrogen and oxygen atoms in total. The molecule has 0 saturated carbocycles. The van der Waals surface area contributed by atoms with E-state index in [4.69, 9.17) is 16.6 Å². The van der Waals surface area contributed by atoms with Gasteiger partial charge < -0.3 is 14.6 Å². The number of non-ortho nitro benzene ring substituents is 1. The van der Waals surface area contributed by atoms with Crippen molar-refractivity contribution in [2.75, 3.05) is 4.90 Å². The van der Waals surface area contributed by atoms with Gasteiger partial charge in [-0.25, -0.2) is 0 Å². The Labute approximate surface area is 203 Å². The van der Waals surface area contributed by atoms with E-state index >= 15 is 0 Å². The number of hydrogen-bond acceptors (Lipinski definition) is 5. The number of nitrogens with one attached hydrogen (secondary N) is 1. The first-order valence-electron chi connectivity index (χ1n) is 10.1. The summed E-state index contributed by atoms with van der Waals surface area (Å²) >= 11 is 9.19. The fourth-order valence-electron chi connectivity index (χ4n) is 3.96. The number of anilines is 1. The number of furan rings is 1. The lowest BCUT2D eigenvalue weighted by atomic mass is 10.0. The summed E-state index contributed by atoms with van der Waals surface area (Å²) in [4.78, 5) is 17.3. The van der Waals surface area contributed by atoms with Crippen LogP contribution in [-0.2, 0) is 0 Å². The van der Waals surface area contributed by atoms with E-state index in [0.717, 1.165) is 15.9 Å². The molecule has 3 heterocycles. The maximum Gasteiger partial charge on any atom is 0.270 e. The Morgan fingerprint density at radius 2 is 1.88 bits per heavy atom. The van der Waals surface area contributed by atoms with Crippen LogP contribution >= 0.6 is 28.1 Å². The van der Waals surface area contributed by atoms with Crippen molar-refractivity contribution in [1.82, 2.24) is 10.3 Å². The number of rotatable bonds is 5. The van der Waals surface area contributed by atoms with Crippen molar-refractivity contribution in [2.45, 2.75) is 12.1 Å². The molecule has 0 radical (unpaired) electrons. The van der Waals surface area contributed by atoms with Gasteiger partial charge in [0, 0.05) is 34.1 Å². The first kappa shape index (κ1) is 21.3. The molecule has 0 aliphatic carbocycles. The van der Waals surface area contributed by atoms with E-state index in [1.807, 2.05) is 59.5 Å². The van der Waals surface area contributed by atoms with Crippen molar-refractivity contribution in [1.29, 1.82) is 0 Å². The van der Waals surface area contributed by atoms with E-state index in [9.17, 15) is 10.1 Å². The summed E-state index contributed by atoms with van der Waals surface area (Å²) < 4.78 is 7.23. The topological polar surface area (TPSA) is 84.4 Å². The Hall–Kier alpha value is -3.56. The standard InChI is InChI=1S/C24H17BrN4O3S/c25-16-7-9-17(10-8-16)28-23(22(27-24(28)33)19-6-1-2-13-26-19)21-12-11-20(32-21)15-4-3-5-18(14-15)29(30)31/h1-14,22-23H,(H,27,33). The van der Waals surface area contributed by atoms with E-state index in [1.54, 1.807) is 18.3 Å². The Kier molecular flexibility index (Phi) is 5.65. The molecule has 164 valence electrons. The molecule has 2 aromatic heterocycles. The van der Waals surface area contributed by atoms with Gasteiger partial charge in [0.15, 0.2) is 5.11 Å². The molecule has 2 atom stereocenters. The van der Waals surface area contributed by atoms with E-state index in [1.165, 1.54) is 12.1 Å². The summed E-state index contributed by atoms with van der Waals surface area (Å²) in [5.41, 5.74) is 2.38. The van der Waals surface area contributed by atoms with Gasteiger partial charge in [0.25, 0.3) is 5.69 Å². The smallest absolute Gasteiger partial charge is 0.270 e. The molecule has 2 unspecified atom stereocenters. The summed E-state index contributed by atoms with van der Waals surface area (Å²) in [5.74, 6) is 1.21. The highest BCUT2D eigenvalue weighted by molar-refractivity contribution is 9.10. The van der Waals surface area contributed by atoms with Gasteiger partial charge >= 0.3 is 0 Å². The van der Waals surface area contributed by atoms with Crippen molar-refractivity contribution in [3.8, 4) is 11.3 Å². The molecule has 0 spiro atoms. The highest BCUT2D eigenvalue weighted by Crippen LogP contribution is 2.43. The zero-order valence-electron chi connectivity index (χ0n) is 17.1. The lowest BCUT2D eigenvalue weighted by molar-refractivity contribution is -0.384. The molecule has 0 amide bonds. The second-order valence-electron chi connectivity index (χ2n) is 7.48. The SMILES string of the molecule is O=[N+]([O-])c1cccc(-c2ccc(C3C(c4ccccn4)NC(=S)N3c3ccc(Br)cc3)o2)c1. The van der Waals surface area contributed by atoms with Gasteiger partial charge in [0.2, 0.25) is 0 Å². The van der Waals surface area contributed by atoms with Gasteiger partial charge in [-0.1, -0.05) is 34.1 Å². The number of aromatic nitrogens is 1. The van der Waals surface area contributed by atoms with Crippen molar-refractivity contribution >= 4 is 44.6 Å². The molecular weight excluding hydrogens is 504 g/mol. The molecule has 5 rings (SSSR count). The predicted molar refractivity (Wildman–Crippen MR) is 133 cm³/mol. The molecule has 1 aliphatic rings. The van der Waals surface area contributed by atoms with Crippen LogP contribution in [0.4, 0.5) is 11.4 Å². The minimum atomic E-state index is -0.418. The zero-order chi connectivity index (χ0) is 22.9. The van der Waals surface area contributed by atoms with Gasteiger partial charge in [0.05, 0.1) is 16.7 Å². The third-order valence-corrected chi connectivity index (χ3v) is 6.31. The summed E-state index contributed by atoms with van der Waals surface area (Å²) in [7, 11) is 0. The number of nitro groups is 1. The van der Waals surface area contributed by atoms with Crippen LogP contribution in [0.2, 0.25) is 0 Å². The third kappa shape index (κ3) is 4.12. The average molecular weight is 521 g/mol. The van der Waals surface area contributed by atoms with Crippen LogP contribution in [0, 0.1) is 10.1 Å². The molecular formula is C24H17BrN4O3S. The number of nitrogens with zero attached hydrogens (tertiary/aromatic N) is 3. The normalized spacial score (nSPS) is 17.7. The maximum atomic E-state index is 11.2. The van der Waals surface area contributed by atoms with Crippen molar-refractivity contribution in [3.63, 3.8) is 0 Å². The zero-order valence-corrected chi connectivity index (χ0v) is 19.5. The fraction of sp³-hybridized carbons (Fsp3) is 0.0833. The Morgan fingerprint density at radius 1 is 1.06 bits per heavy atom. The Balaban J connectivity index is 1.58. The molecule has 4 aromatic rings. The minimum Gasteiger partial charge on any atom is -0.459 e. The number of benzene rings is 2. The van der Waals surface area contributed by atoms with Gasteiger partial charge in [-0.15, -0.1) is 0 Å². The van der Waals surface area contributed by atoms with Crippen LogP contribution in [0.15, 0.2) is 93.9 Å². The number of pyridine rings is 1. The molecule has 1 saturated heterocycles. The molecule has 1 fully saturated rings. The molecule has 1 aliphatic heterocycles. The first-order chi connectivity index (χ1) is 16.0. The quantitative estimate of drug-likeness (QED) is 0.191. The molecule has 2 aromatic carbocycles. The van der Waals surface area contributed by atoms with Crippen LogP contribution in [0.1, 0.15) is 23.5 Å². The highest BCUT2D eigenvalue weighted by atomic mass is 79.9. The number of hydrogen-bond donors (Lipinski definition) is 1. The van der Waals surface area contributed by atoms with Gasteiger partial charge in [-0.05, 0) is 60.7 Å². The van der Waals surface area contributed by atoms with Crippen molar-refractivity contribution in [2.24, 2.45) is 0 Å². The molecule has 1 N–H and O–H groups in total. The summed E-state index contributed by atoms with van der Waals surface area (Å²) in [5, 5.41) is 15.1. The van der Waals surface area contributed by atoms with Crippen LogP contribution < -0.4 is 10.2 Å². The third-order valence-electron chi connectivity index (χ3n) is 5.46. The summed E-state index contributed by atoms with van der Waals surface area (Å²) in [6.45, 7) is 0. The predicted octanol–water partition coefficient (Wildman–Crippen LogP) is 6.19. The fourth-order valence-corrected chi connectivity index (χ4v) is 4.57. The van der Waals surface area contributed by atoms with E-state index in [-0.39, 0.29) is 17.8 Å². The lowest BCUT2D eigenvalue weighted by Crippen LogP contribution is -2.29. The number of halogens is 1. The molecule has 33 heavy (non-hydrogen) atoms. The highest BCUT2D eigenvalue weighted by Gasteiger charge is 2.42. The van der Waals surface area contributed by atoms with Crippen LogP contribution in [0.25, 0.3) is 11.3 Å². The van der Waals surface area contributed by atoms with E-state index < -0.39 is 4.92 Å². The van der Waals surface area contributed by atoms with E-state index in [2.05, 4.69) is 26.2 Å². The second kappa shape index (κ2) is 8.76. The summed E-state index contributed by atoms with van der Waals surface area (Å²) in [6.07, 6.45) is 1.75. The second-order valence-corrected chi connectivity index (χ2v) is 8.78. The van der Waals surface area contributed by atoms with Crippen LogP contribution in [0.3, 0.4) is 0 Å². The monoisotopic (exact) mass is 520 g/mol.